The van der Waals surface area contributed by atoms with Crippen molar-refractivity contribution in [2.24, 2.45) is 0 Å². The van der Waals surface area contributed by atoms with Crippen molar-refractivity contribution >= 4 is 11.7 Å². The molecule has 0 aromatic heterocycles. The minimum absolute atomic E-state index is 0.273. The number of hydrogen-bond acceptors (Lipinski definition) is 4. The van der Waals surface area contributed by atoms with Crippen molar-refractivity contribution in [2.45, 2.75) is 19.8 Å². The van der Waals surface area contributed by atoms with Gasteiger partial charge in [-0.05, 0) is 36.6 Å². The molecular weight excluding hydrogens is 230 g/mol. The molecule has 18 heavy (non-hydrogen) atoms. The topological polar surface area (TPSA) is 47.6 Å². The Morgan fingerprint density at radius 1 is 1.33 bits per heavy atom. The summed E-state index contributed by atoms with van der Waals surface area (Å²) in [5.41, 5.74) is 2.93. The summed E-state index contributed by atoms with van der Waals surface area (Å²) < 4.78 is 10.4. The van der Waals surface area contributed by atoms with Crippen LogP contribution in [0.15, 0.2) is 18.2 Å². The number of ether oxygens (including phenoxy) is 2. The highest BCUT2D eigenvalue weighted by Crippen LogP contribution is 2.23. The standard InChI is InChI=1S/C14H19NO3/c1-2-7-17-8-9-18-14(16)12-3-4-13-11(10-12)5-6-15-13/h3-4,10,15H,2,5-9H2,1H3. The zero-order chi connectivity index (χ0) is 12.8. The van der Waals surface area contributed by atoms with Gasteiger partial charge < -0.3 is 14.8 Å². The van der Waals surface area contributed by atoms with E-state index in [9.17, 15) is 4.79 Å². The molecule has 0 aliphatic carbocycles. The fourth-order valence-electron chi connectivity index (χ4n) is 1.95. The molecule has 1 aromatic rings. The first-order valence-electron chi connectivity index (χ1n) is 6.43. The van der Waals surface area contributed by atoms with Gasteiger partial charge in [-0.15, -0.1) is 0 Å². The Morgan fingerprint density at radius 2 is 2.22 bits per heavy atom. The van der Waals surface area contributed by atoms with Crippen molar-refractivity contribution < 1.29 is 14.3 Å². The smallest absolute Gasteiger partial charge is 0.338 e. The Kier molecular flexibility index (Phi) is 4.59. The van der Waals surface area contributed by atoms with Gasteiger partial charge >= 0.3 is 5.97 Å². The number of anilines is 1. The molecule has 0 radical (unpaired) electrons. The molecule has 1 aliphatic heterocycles. The highest BCUT2D eigenvalue weighted by atomic mass is 16.6. The fraction of sp³-hybridized carbons (Fsp3) is 0.500. The fourth-order valence-corrected chi connectivity index (χ4v) is 1.95. The second kappa shape index (κ2) is 6.40. The first-order valence-corrected chi connectivity index (χ1v) is 6.43. The van der Waals surface area contributed by atoms with Crippen molar-refractivity contribution in [2.75, 3.05) is 31.7 Å². The highest BCUT2D eigenvalue weighted by molar-refractivity contribution is 5.90. The van der Waals surface area contributed by atoms with E-state index >= 15 is 0 Å². The van der Waals surface area contributed by atoms with Crippen molar-refractivity contribution in [1.82, 2.24) is 0 Å². The van der Waals surface area contributed by atoms with Gasteiger partial charge in [0.2, 0.25) is 0 Å². The maximum absolute atomic E-state index is 11.8. The molecule has 1 heterocycles. The van der Waals surface area contributed by atoms with Crippen LogP contribution in [-0.2, 0) is 15.9 Å². The predicted octanol–water partition coefficient (Wildman–Crippen LogP) is 2.24. The summed E-state index contributed by atoms with van der Waals surface area (Å²) in [5, 5.41) is 3.26. The number of carbonyl (C=O) groups excluding carboxylic acids is 1. The van der Waals surface area contributed by atoms with Crippen LogP contribution < -0.4 is 5.32 Å². The summed E-state index contributed by atoms with van der Waals surface area (Å²) in [5.74, 6) is -0.273. The van der Waals surface area contributed by atoms with E-state index < -0.39 is 0 Å². The van der Waals surface area contributed by atoms with Crippen molar-refractivity contribution in [3.63, 3.8) is 0 Å². The number of esters is 1. The molecule has 4 heteroatoms. The summed E-state index contributed by atoms with van der Waals surface area (Å²) in [4.78, 5) is 11.8. The van der Waals surface area contributed by atoms with E-state index in [0.29, 0.717) is 25.4 Å². The Bertz CT molecular complexity index is 418. The van der Waals surface area contributed by atoms with Crippen LogP contribution in [0.5, 0.6) is 0 Å². The molecule has 0 fully saturated rings. The van der Waals surface area contributed by atoms with E-state index in [-0.39, 0.29) is 5.97 Å². The maximum atomic E-state index is 11.8. The third-order valence-electron chi connectivity index (χ3n) is 2.86. The lowest BCUT2D eigenvalue weighted by Gasteiger charge is -2.06. The third kappa shape index (κ3) is 3.23. The van der Waals surface area contributed by atoms with Gasteiger partial charge in [-0.2, -0.15) is 0 Å². The number of nitrogens with one attached hydrogen (secondary N) is 1. The molecule has 0 unspecified atom stereocenters. The maximum Gasteiger partial charge on any atom is 0.338 e. The molecule has 1 aromatic carbocycles. The van der Waals surface area contributed by atoms with Gasteiger partial charge in [0.05, 0.1) is 12.2 Å². The number of carbonyl (C=O) groups is 1. The molecule has 1 N–H and O–H groups in total. The molecule has 0 saturated heterocycles. The van der Waals surface area contributed by atoms with Crippen molar-refractivity contribution in [1.29, 1.82) is 0 Å². The summed E-state index contributed by atoms with van der Waals surface area (Å²) in [6.07, 6.45) is 1.95. The summed E-state index contributed by atoms with van der Waals surface area (Å²) >= 11 is 0. The Balaban J connectivity index is 1.82. The van der Waals surface area contributed by atoms with E-state index in [2.05, 4.69) is 5.32 Å². The quantitative estimate of drug-likeness (QED) is 0.620. The predicted molar refractivity (Wildman–Crippen MR) is 70.0 cm³/mol. The summed E-state index contributed by atoms with van der Waals surface area (Å²) in [6.45, 7) is 4.48. The van der Waals surface area contributed by atoms with Gasteiger partial charge in [0.15, 0.2) is 0 Å². The number of benzene rings is 1. The van der Waals surface area contributed by atoms with Gasteiger partial charge in [0, 0.05) is 18.8 Å². The molecule has 0 atom stereocenters. The minimum Gasteiger partial charge on any atom is -0.460 e. The van der Waals surface area contributed by atoms with E-state index in [1.807, 2.05) is 19.1 Å². The van der Waals surface area contributed by atoms with Crippen LogP contribution in [0, 0.1) is 0 Å². The first-order chi connectivity index (χ1) is 8.81. The molecule has 0 bridgehead atoms. The van der Waals surface area contributed by atoms with Crippen LogP contribution >= 0.6 is 0 Å². The normalized spacial score (nSPS) is 12.9. The molecule has 1 aliphatic rings. The molecular formula is C14H19NO3. The van der Waals surface area contributed by atoms with E-state index in [0.717, 1.165) is 25.1 Å². The van der Waals surface area contributed by atoms with Crippen molar-refractivity contribution in [3.8, 4) is 0 Å². The van der Waals surface area contributed by atoms with Crippen LogP contribution in [-0.4, -0.2) is 32.3 Å². The Morgan fingerprint density at radius 3 is 3.06 bits per heavy atom. The molecule has 0 spiro atoms. The zero-order valence-electron chi connectivity index (χ0n) is 10.7. The van der Waals surface area contributed by atoms with Crippen LogP contribution in [0.3, 0.4) is 0 Å². The lowest BCUT2D eigenvalue weighted by atomic mass is 10.1. The monoisotopic (exact) mass is 249 g/mol. The average molecular weight is 249 g/mol. The third-order valence-corrected chi connectivity index (χ3v) is 2.86. The molecule has 0 saturated carbocycles. The average Bonchev–Trinajstić information content (AvgIpc) is 2.85. The largest absolute Gasteiger partial charge is 0.460 e. The summed E-state index contributed by atoms with van der Waals surface area (Å²) in [7, 11) is 0. The second-order valence-electron chi connectivity index (χ2n) is 4.30. The van der Waals surface area contributed by atoms with E-state index in [1.54, 1.807) is 6.07 Å². The Labute approximate surface area is 107 Å². The molecule has 4 nitrogen and oxygen atoms in total. The SMILES string of the molecule is CCCOCCOC(=O)c1ccc2c(c1)CCN2. The van der Waals surface area contributed by atoms with E-state index in [4.69, 9.17) is 9.47 Å². The van der Waals surface area contributed by atoms with Gasteiger partial charge in [-0.25, -0.2) is 4.79 Å². The van der Waals surface area contributed by atoms with Gasteiger partial charge in [0.25, 0.3) is 0 Å². The number of fused-ring (bicyclic) bond motifs is 1. The van der Waals surface area contributed by atoms with Crippen LogP contribution in [0.1, 0.15) is 29.3 Å². The molecule has 98 valence electrons. The number of hydrogen-bond donors (Lipinski definition) is 1. The second-order valence-corrected chi connectivity index (χ2v) is 4.30. The molecule has 0 amide bonds. The lowest BCUT2D eigenvalue weighted by Crippen LogP contribution is -2.11. The first kappa shape index (κ1) is 12.9. The lowest BCUT2D eigenvalue weighted by molar-refractivity contribution is 0.0318. The highest BCUT2D eigenvalue weighted by Gasteiger charge is 2.14. The van der Waals surface area contributed by atoms with Gasteiger partial charge in [0.1, 0.15) is 6.61 Å². The van der Waals surface area contributed by atoms with E-state index in [1.165, 1.54) is 5.56 Å². The zero-order valence-corrected chi connectivity index (χ0v) is 10.7. The van der Waals surface area contributed by atoms with Crippen molar-refractivity contribution in [3.05, 3.63) is 29.3 Å². The van der Waals surface area contributed by atoms with Crippen LogP contribution in [0.4, 0.5) is 5.69 Å². The van der Waals surface area contributed by atoms with Crippen LogP contribution in [0.25, 0.3) is 0 Å². The number of rotatable bonds is 6. The summed E-state index contributed by atoms with van der Waals surface area (Å²) in [6, 6.07) is 5.64. The Hall–Kier alpha value is -1.55. The van der Waals surface area contributed by atoms with Gasteiger partial charge in [-0.3, -0.25) is 0 Å². The molecule has 2 rings (SSSR count). The van der Waals surface area contributed by atoms with Gasteiger partial charge in [-0.1, -0.05) is 6.92 Å². The van der Waals surface area contributed by atoms with Crippen LogP contribution in [0.2, 0.25) is 0 Å². The minimum atomic E-state index is -0.273.